The number of hydrogen-bond acceptors (Lipinski definition) is 5. The normalized spacial score (nSPS) is 30.1. The quantitative estimate of drug-likeness (QED) is 0.803. The van der Waals surface area contributed by atoms with Gasteiger partial charge in [-0.25, -0.2) is 8.42 Å². The van der Waals surface area contributed by atoms with Crippen LogP contribution in [0.15, 0.2) is 24.3 Å². The van der Waals surface area contributed by atoms with Crippen LogP contribution in [-0.2, 0) is 9.84 Å². The Morgan fingerprint density at radius 1 is 1.37 bits per heavy atom. The second-order valence-corrected chi connectivity index (χ2v) is 7.26. The van der Waals surface area contributed by atoms with E-state index in [9.17, 15) is 13.5 Å². The van der Waals surface area contributed by atoms with Crippen LogP contribution in [0.2, 0.25) is 0 Å². The third-order valence-electron chi connectivity index (χ3n) is 3.99. The first-order chi connectivity index (χ1) is 8.90. The van der Waals surface area contributed by atoms with Gasteiger partial charge < -0.3 is 15.6 Å². The Labute approximate surface area is 113 Å². The Balaban J connectivity index is 2.37. The number of aliphatic hydroxyl groups excluding tert-OH is 1. The SMILES string of the molecule is COc1ccc([C@@H]2[C@H](S(C)(=O)=O)[C@]2(CN)CO)cc1. The fraction of sp³-hybridized carbons (Fsp3) is 0.538. The van der Waals surface area contributed by atoms with Gasteiger partial charge in [0.15, 0.2) is 9.84 Å². The summed E-state index contributed by atoms with van der Waals surface area (Å²) in [6.45, 7) is -0.0735. The molecule has 19 heavy (non-hydrogen) atoms. The summed E-state index contributed by atoms with van der Waals surface area (Å²) in [5.41, 5.74) is 5.82. The molecule has 1 fully saturated rings. The van der Waals surface area contributed by atoms with Crippen molar-refractivity contribution < 1.29 is 18.3 Å². The highest BCUT2D eigenvalue weighted by Gasteiger charge is 2.68. The number of methoxy groups -OCH3 is 1. The number of ether oxygens (including phenoxy) is 1. The van der Waals surface area contributed by atoms with E-state index in [4.69, 9.17) is 10.5 Å². The summed E-state index contributed by atoms with van der Waals surface area (Å²) < 4.78 is 28.8. The number of aliphatic hydroxyl groups is 1. The topological polar surface area (TPSA) is 89.6 Å². The molecule has 1 aliphatic rings. The molecular weight excluding hydrogens is 266 g/mol. The molecule has 0 heterocycles. The van der Waals surface area contributed by atoms with Crippen LogP contribution >= 0.6 is 0 Å². The van der Waals surface area contributed by atoms with Gasteiger partial charge in [0, 0.05) is 24.1 Å². The Bertz CT molecular complexity index is 549. The van der Waals surface area contributed by atoms with E-state index >= 15 is 0 Å². The maximum Gasteiger partial charge on any atom is 0.151 e. The van der Waals surface area contributed by atoms with Gasteiger partial charge in [0.05, 0.1) is 19.0 Å². The van der Waals surface area contributed by atoms with Crippen molar-refractivity contribution >= 4 is 9.84 Å². The zero-order chi connectivity index (χ0) is 14.3. The Kier molecular flexibility index (Phi) is 3.59. The standard InChI is InChI=1S/C13H19NO4S/c1-18-10-5-3-9(4-6-10)11-12(19(2,16)17)13(11,7-14)8-15/h3-6,11-12,15H,7-8,14H2,1-2H3/t11-,12+,13-/m1/s1. The largest absolute Gasteiger partial charge is 0.497 e. The molecular formula is C13H19NO4S. The highest BCUT2D eigenvalue weighted by Crippen LogP contribution is 2.61. The van der Waals surface area contributed by atoms with E-state index in [1.165, 1.54) is 6.26 Å². The zero-order valence-corrected chi connectivity index (χ0v) is 11.9. The summed E-state index contributed by atoms with van der Waals surface area (Å²) in [4.78, 5) is 0. The van der Waals surface area contributed by atoms with Crippen LogP contribution in [0.4, 0.5) is 0 Å². The molecule has 1 aliphatic carbocycles. The van der Waals surface area contributed by atoms with Crippen molar-refractivity contribution in [1.82, 2.24) is 0 Å². The van der Waals surface area contributed by atoms with E-state index in [0.29, 0.717) is 5.75 Å². The first-order valence-corrected chi connectivity index (χ1v) is 8.00. The molecule has 2 rings (SSSR count). The number of benzene rings is 1. The van der Waals surface area contributed by atoms with Crippen LogP contribution in [0.25, 0.3) is 0 Å². The van der Waals surface area contributed by atoms with Gasteiger partial charge in [-0.3, -0.25) is 0 Å². The van der Waals surface area contributed by atoms with Crippen LogP contribution in [0, 0.1) is 5.41 Å². The Morgan fingerprint density at radius 3 is 2.26 bits per heavy atom. The third kappa shape index (κ3) is 2.24. The number of sulfone groups is 1. The Morgan fingerprint density at radius 2 is 1.95 bits per heavy atom. The lowest BCUT2D eigenvalue weighted by Gasteiger charge is -2.11. The molecule has 6 heteroatoms. The van der Waals surface area contributed by atoms with Crippen LogP contribution in [0.5, 0.6) is 5.75 Å². The van der Waals surface area contributed by atoms with Gasteiger partial charge in [-0.1, -0.05) is 12.1 Å². The van der Waals surface area contributed by atoms with Gasteiger partial charge in [0.2, 0.25) is 0 Å². The van der Waals surface area contributed by atoms with Gasteiger partial charge in [0.1, 0.15) is 5.75 Å². The van der Waals surface area contributed by atoms with Crippen molar-refractivity contribution in [2.75, 3.05) is 26.5 Å². The summed E-state index contributed by atoms with van der Waals surface area (Å²) in [6.07, 6.45) is 1.20. The molecule has 0 aromatic heterocycles. The van der Waals surface area contributed by atoms with Gasteiger partial charge in [0.25, 0.3) is 0 Å². The Hall–Kier alpha value is -1.11. The van der Waals surface area contributed by atoms with Gasteiger partial charge >= 0.3 is 0 Å². The average Bonchev–Trinajstić information content (AvgIpc) is 3.09. The zero-order valence-electron chi connectivity index (χ0n) is 11.0. The average molecular weight is 285 g/mol. The van der Waals surface area contributed by atoms with Crippen LogP contribution < -0.4 is 10.5 Å². The monoisotopic (exact) mass is 285 g/mol. The molecule has 0 saturated heterocycles. The van der Waals surface area contributed by atoms with Crippen molar-refractivity contribution in [2.45, 2.75) is 11.2 Å². The van der Waals surface area contributed by atoms with Gasteiger partial charge in [-0.2, -0.15) is 0 Å². The second kappa shape index (κ2) is 4.77. The lowest BCUT2D eigenvalue weighted by atomic mass is 10.00. The lowest BCUT2D eigenvalue weighted by molar-refractivity contribution is 0.212. The molecule has 3 N–H and O–H groups in total. The maximum atomic E-state index is 11.8. The van der Waals surface area contributed by atoms with E-state index < -0.39 is 20.5 Å². The second-order valence-electron chi connectivity index (χ2n) is 5.10. The first-order valence-electron chi connectivity index (χ1n) is 6.04. The highest BCUT2D eigenvalue weighted by molar-refractivity contribution is 7.91. The highest BCUT2D eigenvalue weighted by atomic mass is 32.2. The molecule has 0 radical (unpaired) electrons. The molecule has 0 spiro atoms. The summed E-state index contributed by atoms with van der Waals surface area (Å²) in [5.74, 6) is 0.464. The molecule has 106 valence electrons. The summed E-state index contributed by atoms with van der Waals surface area (Å²) in [5, 5.41) is 8.95. The molecule has 0 aliphatic heterocycles. The first kappa shape index (κ1) is 14.3. The smallest absolute Gasteiger partial charge is 0.151 e. The maximum absolute atomic E-state index is 11.8. The van der Waals surface area contributed by atoms with Crippen molar-refractivity contribution in [3.05, 3.63) is 29.8 Å². The summed E-state index contributed by atoms with van der Waals surface area (Å²) in [7, 11) is -1.67. The molecule has 0 bridgehead atoms. The molecule has 0 unspecified atom stereocenters. The molecule has 0 amide bonds. The molecule has 5 nitrogen and oxygen atoms in total. The van der Waals surface area contributed by atoms with Crippen molar-refractivity contribution in [3.63, 3.8) is 0 Å². The third-order valence-corrected chi connectivity index (χ3v) is 5.65. The number of nitrogens with two attached hydrogens (primary N) is 1. The molecule has 3 atom stereocenters. The van der Waals surface area contributed by atoms with Gasteiger partial charge in [-0.05, 0) is 17.7 Å². The van der Waals surface area contributed by atoms with Crippen LogP contribution in [0.1, 0.15) is 11.5 Å². The van der Waals surface area contributed by atoms with E-state index in [2.05, 4.69) is 0 Å². The number of hydrogen-bond donors (Lipinski definition) is 2. The molecule has 1 aromatic rings. The van der Waals surface area contributed by atoms with Crippen molar-refractivity contribution in [1.29, 1.82) is 0 Å². The predicted molar refractivity (Wildman–Crippen MR) is 72.9 cm³/mol. The summed E-state index contributed by atoms with van der Waals surface area (Å²) in [6, 6.07) is 7.22. The number of rotatable bonds is 5. The van der Waals surface area contributed by atoms with E-state index in [1.54, 1.807) is 19.2 Å². The van der Waals surface area contributed by atoms with Gasteiger partial charge in [-0.15, -0.1) is 0 Å². The van der Waals surface area contributed by atoms with E-state index in [1.807, 2.05) is 12.1 Å². The predicted octanol–water partition coefficient (Wildman–Crippen LogP) is 0.143. The minimum Gasteiger partial charge on any atom is -0.497 e. The lowest BCUT2D eigenvalue weighted by Crippen LogP contribution is -2.27. The molecule has 1 saturated carbocycles. The fourth-order valence-electron chi connectivity index (χ4n) is 2.94. The van der Waals surface area contributed by atoms with Crippen molar-refractivity contribution in [3.8, 4) is 5.75 Å². The molecule has 1 aromatic carbocycles. The minimum atomic E-state index is -3.25. The van der Waals surface area contributed by atoms with Crippen molar-refractivity contribution in [2.24, 2.45) is 11.1 Å². The van der Waals surface area contributed by atoms with Crippen LogP contribution in [0.3, 0.4) is 0 Å². The summed E-state index contributed by atoms with van der Waals surface area (Å²) >= 11 is 0. The van der Waals surface area contributed by atoms with E-state index in [-0.39, 0.29) is 19.1 Å². The minimum absolute atomic E-state index is 0.151. The van der Waals surface area contributed by atoms with E-state index in [0.717, 1.165) is 5.56 Å². The fourth-order valence-corrected chi connectivity index (χ4v) is 4.95. The van der Waals surface area contributed by atoms with Crippen LogP contribution in [-0.4, -0.2) is 45.3 Å².